The average molecular weight is 967 g/mol. The SMILES string of the molecule is CCN(CC)c1ccc(NC(=O)c2cccc(C#CCOCCOCCOCCOCCOCCOCCOCCOCCOC)c2)c(-c2cc(C(=O)NCc3cccc(C(F)(F)F)c3)ccn2)c1. The second kappa shape index (κ2) is 33.1. The first kappa shape index (κ1) is 56.1. The molecular weight excluding hydrogens is 902 g/mol. The number of halogens is 3. The number of alkyl halides is 3. The van der Waals surface area contributed by atoms with E-state index < -0.39 is 17.6 Å². The number of carbonyl (C=O) groups is 2. The Balaban J connectivity index is 1.13. The summed E-state index contributed by atoms with van der Waals surface area (Å²) in [5, 5.41) is 5.69. The maximum absolute atomic E-state index is 13.7. The summed E-state index contributed by atoms with van der Waals surface area (Å²) in [5.41, 5.74) is 3.09. The third-order valence-electron chi connectivity index (χ3n) is 9.95. The lowest BCUT2D eigenvalue weighted by Gasteiger charge is -2.23. The van der Waals surface area contributed by atoms with Gasteiger partial charge in [0.15, 0.2) is 0 Å². The summed E-state index contributed by atoms with van der Waals surface area (Å²) >= 11 is 0. The van der Waals surface area contributed by atoms with Gasteiger partial charge in [-0.15, -0.1) is 0 Å². The average Bonchev–Trinajstić information content (AvgIpc) is 3.36. The highest BCUT2D eigenvalue weighted by atomic mass is 19.4. The number of benzene rings is 3. The summed E-state index contributed by atoms with van der Waals surface area (Å²) in [4.78, 5) is 33.6. The smallest absolute Gasteiger partial charge is 0.382 e. The zero-order valence-corrected chi connectivity index (χ0v) is 39.7. The van der Waals surface area contributed by atoms with Gasteiger partial charge in [-0.05, 0) is 80.1 Å². The third kappa shape index (κ3) is 22.2. The van der Waals surface area contributed by atoms with Gasteiger partial charge in [-0.2, -0.15) is 13.2 Å². The Morgan fingerprint density at radius 2 is 1.17 bits per heavy atom. The van der Waals surface area contributed by atoms with Gasteiger partial charge in [0.1, 0.15) is 6.61 Å². The Hall–Kier alpha value is -5.46. The highest BCUT2D eigenvalue weighted by molar-refractivity contribution is 6.07. The third-order valence-corrected chi connectivity index (χ3v) is 9.95. The zero-order valence-electron chi connectivity index (χ0n) is 39.7. The molecule has 0 saturated carbocycles. The predicted octanol–water partition coefficient (Wildman–Crippen LogP) is 6.93. The molecule has 0 aliphatic heterocycles. The van der Waals surface area contributed by atoms with Crippen molar-refractivity contribution in [1.29, 1.82) is 0 Å². The van der Waals surface area contributed by atoms with E-state index in [1.807, 2.05) is 26.0 Å². The summed E-state index contributed by atoms with van der Waals surface area (Å²) in [7, 11) is 1.63. The second-order valence-electron chi connectivity index (χ2n) is 14.9. The number of anilines is 2. The van der Waals surface area contributed by atoms with Gasteiger partial charge in [-0.25, -0.2) is 0 Å². The number of methoxy groups -OCH3 is 1. The fourth-order valence-corrected chi connectivity index (χ4v) is 6.38. The van der Waals surface area contributed by atoms with Crippen molar-refractivity contribution in [3.05, 3.63) is 113 Å². The van der Waals surface area contributed by atoms with Crippen LogP contribution in [0.2, 0.25) is 0 Å². The van der Waals surface area contributed by atoms with Crippen LogP contribution in [0.15, 0.2) is 85.1 Å². The van der Waals surface area contributed by atoms with Crippen molar-refractivity contribution in [3.8, 4) is 23.1 Å². The minimum absolute atomic E-state index is 0.108. The molecule has 2 N–H and O–H groups in total. The minimum atomic E-state index is -4.50. The Morgan fingerprint density at radius 1 is 0.623 bits per heavy atom. The number of carbonyl (C=O) groups excluding carboxylic acids is 2. The van der Waals surface area contributed by atoms with Crippen molar-refractivity contribution in [2.45, 2.75) is 26.6 Å². The first-order valence-corrected chi connectivity index (χ1v) is 22.9. The van der Waals surface area contributed by atoms with E-state index in [0.29, 0.717) is 139 Å². The molecule has 0 spiro atoms. The van der Waals surface area contributed by atoms with Crippen molar-refractivity contribution in [3.63, 3.8) is 0 Å². The number of aromatic nitrogens is 1. The van der Waals surface area contributed by atoms with Gasteiger partial charge >= 0.3 is 6.18 Å². The van der Waals surface area contributed by atoms with E-state index in [1.165, 1.54) is 24.4 Å². The molecule has 1 heterocycles. The molecule has 0 unspecified atom stereocenters. The van der Waals surface area contributed by atoms with E-state index in [1.54, 1.807) is 43.5 Å². The molecule has 4 rings (SSSR count). The molecule has 69 heavy (non-hydrogen) atoms. The van der Waals surface area contributed by atoms with E-state index in [2.05, 4.69) is 32.4 Å². The Bertz CT molecular complexity index is 2170. The molecule has 0 radical (unpaired) electrons. The van der Waals surface area contributed by atoms with Gasteiger partial charge in [0.2, 0.25) is 0 Å². The van der Waals surface area contributed by atoms with Crippen molar-refractivity contribution < 1.29 is 65.4 Å². The highest BCUT2D eigenvalue weighted by Gasteiger charge is 2.30. The van der Waals surface area contributed by atoms with Crippen LogP contribution in [-0.2, 0) is 55.4 Å². The van der Waals surface area contributed by atoms with E-state index in [-0.39, 0.29) is 24.6 Å². The summed E-state index contributed by atoms with van der Waals surface area (Å²) < 4.78 is 88.5. The standard InChI is InChI=1S/C51H65F3N4O11/c1-4-58(5-2)45-14-15-47(46(38-45)48-37-43(16-17-55-48)49(59)56-39-41-10-7-13-44(36-41)51(52,53)54)57-50(60)42-12-6-9-40(35-42)11-8-18-62-21-22-64-25-26-66-29-30-68-33-34-69-32-31-67-28-27-65-24-23-63-20-19-61-3/h6-7,9-10,12-17,35-38H,4-5,18-34,39H2,1-3H3,(H,56,59)(H,57,60). The van der Waals surface area contributed by atoms with Crippen LogP contribution in [0.1, 0.15) is 51.3 Å². The molecule has 376 valence electrons. The molecule has 0 aliphatic carbocycles. The number of pyridine rings is 1. The van der Waals surface area contributed by atoms with E-state index >= 15 is 0 Å². The van der Waals surface area contributed by atoms with E-state index in [4.69, 9.17) is 42.6 Å². The zero-order chi connectivity index (χ0) is 49.4. The van der Waals surface area contributed by atoms with E-state index in [9.17, 15) is 22.8 Å². The van der Waals surface area contributed by atoms with Crippen molar-refractivity contribution in [2.75, 3.05) is 143 Å². The molecule has 1 aromatic heterocycles. The lowest BCUT2D eigenvalue weighted by Crippen LogP contribution is -2.23. The highest BCUT2D eigenvalue weighted by Crippen LogP contribution is 2.33. The van der Waals surface area contributed by atoms with Crippen LogP contribution >= 0.6 is 0 Å². The van der Waals surface area contributed by atoms with Gasteiger partial charge in [0, 0.05) is 60.9 Å². The maximum atomic E-state index is 13.7. The molecule has 2 amide bonds. The molecule has 0 aliphatic rings. The number of hydrogen-bond donors (Lipinski definition) is 2. The molecule has 0 atom stereocenters. The fraction of sp³-hybridized carbons (Fsp3) is 0.471. The van der Waals surface area contributed by atoms with Crippen LogP contribution in [-0.4, -0.2) is 149 Å². The lowest BCUT2D eigenvalue weighted by atomic mass is 10.0. The largest absolute Gasteiger partial charge is 0.416 e. The van der Waals surface area contributed by atoms with Crippen LogP contribution in [0.3, 0.4) is 0 Å². The normalized spacial score (nSPS) is 11.3. The topological polar surface area (TPSA) is 157 Å². The molecule has 0 fully saturated rings. The van der Waals surface area contributed by atoms with Crippen molar-refractivity contribution >= 4 is 23.2 Å². The van der Waals surface area contributed by atoms with Crippen LogP contribution in [0, 0.1) is 11.8 Å². The predicted molar refractivity (Wildman–Crippen MR) is 256 cm³/mol. The van der Waals surface area contributed by atoms with Crippen LogP contribution in [0.4, 0.5) is 24.5 Å². The molecular formula is C51H65F3N4O11. The fourth-order valence-electron chi connectivity index (χ4n) is 6.38. The summed E-state index contributed by atoms with van der Waals surface area (Å²) in [6.45, 7) is 13.1. The van der Waals surface area contributed by atoms with Gasteiger partial charge in [-0.1, -0.05) is 30.0 Å². The van der Waals surface area contributed by atoms with Gasteiger partial charge in [0.05, 0.1) is 123 Å². The summed E-state index contributed by atoms with van der Waals surface area (Å²) in [6.07, 6.45) is -3.02. The maximum Gasteiger partial charge on any atom is 0.416 e. The number of nitrogens with zero attached hydrogens (tertiary/aromatic N) is 2. The van der Waals surface area contributed by atoms with E-state index in [0.717, 1.165) is 30.9 Å². The molecule has 15 nitrogen and oxygen atoms in total. The van der Waals surface area contributed by atoms with Crippen molar-refractivity contribution in [1.82, 2.24) is 10.3 Å². The monoisotopic (exact) mass is 966 g/mol. The quantitative estimate of drug-likeness (QED) is 0.0368. The summed E-state index contributed by atoms with van der Waals surface area (Å²) in [5.74, 6) is 5.13. The lowest BCUT2D eigenvalue weighted by molar-refractivity contribution is -0.137. The minimum Gasteiger partial charge on any atom is -0.382 e. The molecule has 4 aromatic rings. The van der Waals surface area contributed by atoms with Crippen LogP contribution in [0.25, 0.3) is 11.3 Å². The Kier molecular flexibility index (Phi) is 27.0. The number of hydrogen-bond acceptors (Lipinski definition) is 13. The van der Waals surface area contributed by atoms with Gasteiger partial charge < -0.3 is 58.2 Å². The Morgan fingerprint density at radius 3 is 1.74 bits per heavy atom. The second-order valence-corrected chi connectivity index (χ2v) is 14.9. The van der Waals surface area contributed by atoms with Crippen LogP contribution in [0.5, 0.6) is 0 Å². The number of ether oxygens (including phenoxy) is 9. The molecule has 0 saturated heterocycles. The molecule has 18 heteroatoms. The van der Waals surface area contributed by atoms with Gasteiger partial charge in [-0.3, -0.25) is 14.6 Å². The number of amides is 2. The first-order chi connectivity index (χ1) is 33.6. The van der Waals surface area contributed by atoms with Gasteiger partial charge in [0.25, 0.3) is 11.8 Å². The van der Waals surface area contributed by atoms with Crippen molar-refractivity contribution in [2.24, 2.45) is 0 Å². The first-order valence-electron chi connectivity index (χ1n) is 22.9. The molecule has 3 aromatic carbocycles. The van der Waals surface area contributed by atoms with Crippen LogP contribution < -0.4 is 15.5 Å². The molecule has 0 bridgehead atoms. The summed E-state index contributed by atoms with van der Waals surface area (Å²) in [6, 6.07) is 20.4. The number of nitrogens with one attached hydrogen (secondary N) is 2. The Labute approximate surface area is 403 Å². The number of rotatable bonds is 34.